The van der Waals surface area contributed by atoms with Crippen molar-refractivity contribution >= 4 is 16.7 Å². The van der Waals surface area contributed by atoms with Crippen LogP contribution in [0.3, 0.4) is 0 Å². The van der Waals surface area contributed by atoms with E-state index in [0.29, 0.717) is 11.3 Å². The van der Waals surface area contributed by atoms with Crippen LogP contribution in [0.25, 0.3) is 22.3 Å². The second kappa shape index (κ2) is 4.70. The van der Waals surface area contributed by atoms with Gasteiger partial charge in [-0.2, -0.15) is 0 Å². The summed E-state index contributed by atoms with van der Waals surface area (Å²) in [6, 6.07) is 13.9. The molecule has 0 aliphatic rings. The van der Waals surface area contributed by atoms with E-state index in [-0.39, 0.29) is 5.69 Å². The van der Waals surface area contributed by atoms with Crippen LogP contribution < -0.4 is 4.74 Å². The highest BCUT2D eigenvalue weighted by Gasteiger charge is 2.11. The minimum atomic E-state index is -0.436. The van der Waals surface area contributed by atoms with Gasteiger partial charge in [-0.25, -0.2) is 0 Å². The molecule has 20 heavy (non-hydrogen) atoms. The van der Waals surface area contributed by atoms with E-state index >= 15 is 0 Å². The first kappa shape index (κ1) is 12.2. The minimum Gasteiger partial charge on any atom is -0.497 e. The van der Waals surface area contributed by atoms with E-state index in [1.807, 2.05) is 30.3 Å². The van der Waals surface area contributed by atoms with E-state index in [0.717, 1.165) is 16.7 Å². The molecule has 0 radical (unpaired) electrons. The van der Waals surface area contributed by atoms with Crippen LogP contribution in [-0.2, 0) is 0 Å². The third-order valence-electron chi connectivity index (χ3n) is 3.09. The Labute approximate surface area is 114 Å². The molecule has 1 heterocycles. The van der Waals surface area contributed by atoms with Gasteiger partial charge in [0.2, 0.25) is 0 Å². The van der Waals surface area contributed by atoms with Crippen molar-refractivity contribution in [3.63, 3.8) is 0 Å². The Bertz CT molecular complexity index is 774. The highest BCUT2D eigenvalue weighted by Crippen LogP contribution is 2.30. The monoisotopic (exact) mass is 269 g/mol. The molecule has 2 aromatic carbocycles. The van der Waals surface area contributed by atoms with Crippen molar-refractivity contribution in [3.05, 3.63) is 58.6 Å². The standard InChI is InChI=1S/C15H11NO4/c1-19-13-6-3-10(4-7-13)14-8-11-2-5-12(16(17)18)9-15(11)20-14/h2-9H,1H3. The normalized spacial score (nSPS) is 10.7. The Kier molecular flexibility index (Phi) is 2.87. The molecule has 0 atom stereocenters. The van der Waals surface area contributed by atoms with Crippen molar-refractivity contribution in [2.45, 2.75) is 0 Å². The van der Waals surface area contributed by atoms with Crippen LogP contribution in [-0.4, -0.2) is 12.0 Å². The quantitative estimate of drug-likeness (QED) is 0.532. The number of rotatable bonds is 3. The van der Waals surface area contributed by atoms with Crippen molar-refractivity contribution in [3.8, 4) is 17.1 Å². The second-order valence-corrected chi connectivity index (χ2v) is 4.32. The summed E-state index contributed by atoms with van der Waals surface area (Å²) in [4.78, 5) is 10.3. The molecular formula is C15H11NO4. The van der Waals surface area contributed by atoms with Crippen molar-refractivity contribution in [1.82, 2.24) is 0 Å². The van der Waals surface area contributed by atoms with E-state index in [1.54, 1.807) is 13.2 Å². The average molecular weight is 269 g/mol. The summed E-state index contributed by atoms with van der Waals surface area (Å²) in [5.41, 5.74) is 1.42. The summed E-state index contributed by atoms with van der Waals surface area (Å²) in [5, 5.41) is 11.6. The molecule has 0 N–H and O–H groups in total. The van der Waals surface area contributed by atoms with Crippen LogP contribution in [0, 0.1) is 10.1 Å². The first-order chi connectivity index (χ1) is 9.67. The molecule has 0 unspecified atom stereocenters. The molecule has 0 saturated heterocycles. The van der Waals surface area contributed by atoms with Crippen LogP contribution in [0.4, 0.5) is 5.69 Å². The fourth-order valence-electron chi connectivity index (χ4n) is 2.03. The Hall–Kier alpha value is -2.82. The Balaban J connectivity index is 2.05. The second-order valence-electron chi connectivity index (χ2n) is 4.32. The lowest BCUT2D eigenvalue weighted by molar-refractivity contribution is -0.384. The first-order valence-electron chi connectivity index (χ1n) is 6.00. The summed E-state index contributed by atoms with van der Waals surface area (Å²) in [5.74, 6) is 1.43. The number of fused-ring (bicyclic) bond motifs is 1. The minimum absolute atomic E-state index is 0.0214. The third-order valence-corrected chi connectivity index (χ3v) is 3.09. The maximum Gasteiger partial charge on any atom is 0.273 e. The SMILES string of the molecule is COc1ccc(-c2cc3ccc([N+](=O)[O-])cc3o2)cc1. The van der Waals surface area contributed by atoms with E-state index in [9.17, 15) is 10.1 Å². The van der Waals surface area contributed by atoms with E-state index < -0.39 is 4.92 Å². The van der Waals surface area contributed by atoms with Crippen LogP contribution in [0.5, 0.6) is 5.75 Å². The number of nitro groups is 1. The van der Waals surface area contributed by atoms with Gasteiger partial charge in [-0.15, -0.1) is 0 Å². The summed E-state index contributed by atoms with van der Waals surface area (Å²) in [6.07, 6.45) is 0. The first-order valence-corrected chi connectivity index (χ1v) is 6.00. The molecule has 0 fully saturated rings. The van der Waals surface area contributed by atoms with E-state index in [4.69, 9.17) is 9.15 Å². The number of methoxy groups -OCH3 is 1. The number of nitrogens with zero attached hydrogens (tertiary/aromatic N) is 1. The molecule has 0 aliphatic heterocycles. The number of nitro benzene ring substituents is 1. The summed E-state index contributed by atoms with van der Waals surface area (Å²) in [7, 11) is 1.61. The molecule has 0 bridgehead atoms. The van der Waals surface area contributed by atoms with Crippen molar-refractivity contribution < 1.29 is 14.1 Å². The topological polar surface area (TPSA) is 65.5 Å². The zero-order valence-corrected chi connectivity index (χ0v) is 10.7. The fourth-order valence-corrected chi connectivity index (χ4v) is 2.03. The molecule has 5 nitrogen and oxygen atoms in total. The van der Waals surface area contributed by atoms with Crippen molar-refractivity contribution in [1.29, 1.82) is 0 Å². The lowest BCUT2D eigenvalue weighted by Crippen LogP contribution is -1.85. The number of ether oxygens (including phenoxy) is 1. The van der Waals surface area contributed by atoms with Gasteiger partial charge in [-0.1, -0.05) is 0 Å². The molecule has 5 heteroatoms. The van der Waals surface area contributed by atoms with Gasteiger partial charge in [-0.3, -0.25) is 10.1 Å². The van der Waals surface area contributed by atoms with Gasteiger partial charge < -0.3 is 9.15 Å². The molecule has 0 saturated carbocycles. The Morgan fingerprint density at radius 2 is 1.85 bits per heavy atom. The lowest BCUT2D eigenvalue weighted by Gasteiger charge is -2.00. The lowest BCUT2D eigenvalue weighted by atomic mass is 10.1. The van der Waals surface area contributed by atoms with Gasteiger partial charge in [0.05, 0.1) is 18.1 Å². The zero-order valence-electron chi connectivity index (χ0n) is 10.7. The summed E-state index contributed by atoms with van der Waals surface area (Å²) >= 11 is 0. The summed E-state index contributed by atoms with van der Waals surface area (Å²) < 4.78 is 10.8. The van der Waals surface area contributed by atoms with Crippen LogP contribution in [0.15, 0.2) is 52.9 Å². The number of furan rings is 1. The third kappa shape index (κ3) is 2.09. The van der Waals surface area contributed by atoms with Gasteiger partial charge in [-0.05, 0) is 36.4 Å². The van der Waals surface area contributed by atoms with Gasteiger partial charge in [0.1, 0.15) is 17.1 Å². The maximum atomic E-state index is 10.7. The summed E-state index contributed by atoms with van der Waals surface area (Å²) in [6.45, 7) is 0. The predicted octanol–water partition coefficient (Wildman–Crippen LogP) is 4.02. The highest BCUT2D eigenvalue weighted by molar-refractivity contribution is 5.84. The molecule has 1 aromatic heterocycles. The van der Waals surface area contributed by atoms with Crippen molar-refractivity contribution in [2.75, 3.05) is 7.11 Å². The molecule has 3 rings (SSSR count). The molecule has 100 valence electrons. The van der Waals surface area contributed by atoms with Gasteiger partial charge in [0.25, 0.3) is 5.69 Å². The van der Waals surface area contributed by atoms with Crippen LogP contribution in [0.2, 0.25) is 0 Å². The average Bonchev–Trinajstić information content (AvgIpc) is 2.90. The van der Waals surface area contributed by atoms with Gasteiger partial charge in [0.15, 0.2) is 0 Å². The molecular weight excluding hydrogens is 258 g/mol. The van der Waals surface area contributed by atoms with Crippen molar-refractivity contribution in [2.24, 2.45) is 0 Å². The smallest absolute Gasteiger partial charge is 0.273 e. The molecule has 0 aliphatic carbocycles. The Morgan fingerprint density at radius 1 is 1.10 bits per heavy atom. The fraction of sp³-hybridized carbons (Fsp3) is 0.0667. The van der Waals surface area contributed by atoms with Crippen LogP contribution >= 0.6 is 0 Å². The Morgan fingerprint density at radius 3 is 2.50 bits per heavy atom. The van der Waals surface area contributed by atoms with E-state index in [1.165, 1.54) is 12.1 Å². The molecule has 0 spiro atoms. The number of hydrogen-bond acceptors (Lipinski definition) is 4. The number of hydrogen-bond donors (Lipinski definition) is 0. The number of benzene rings is 2. The van der Waals surface area contributed by atoms with E-state index in [2.05, 4.69) is 0 Å². The molecule has 0 amide bonds. The molecule has 3 aromatic rings. The predicted molar refractivity (Wildman–Crippen MR) is 74.9 cm³/mol. The zero-order chi connectivity index (χ0) is 14.1. The van der Waals surface area contributed by atoms with Gasteiger partial charge >= 0.3 is 0 Å². The van der Waals surface area contributed by atoms with Gasteiger partial charge in [0, 0.05) is 17.0 Å². The number of non-ortho nitro benzene ring substituents is 1. The van der Waals surface area contributed by atoms with Crippen LogP contribution in [0.1, 0.15) is 0 Å². The largest absolute Gasteiger partial charge is 0.497 e. The highest BCUT2D eigenvalue weighted by atomic mass is 16.6. The maximum absolute atomic E-state index is 10.7.